The van der Waals surface area contributed by atoms with Crippen molar-refractivity contribution in [2.45, 2.75) is 6.54 Å². The summed E-state index contributed by atoms with van der Waals surface area (Å²) in [5, 5.41) is 3.95. The van der Waals surface area contributed by atoms with Crippen LogP contribution in [0.2, 0.25) is 0 Å². The molecule has 1 amide bonds. The highest BCUT2D eigenvalue weighted by Crippen LogP contribution is 2.09. The van der Waals surface area contributed by atoms with Crippen LogP contribution in [-0.2, 0) is 6.54 Å². The Balaban J connectivity index is 1.81. The van der Waals surface area contributed by atoms with Crippen LogP contribution in [0.4, 0.5) is 0 Å². The first kappa shape index (κ1) is 13.8. The van der Waals surface area contributed by atoms with Crippen LogP contribution in [0.1, 0.15) is 16.1 Å². The van der Waals surface area contributed by atoms with Gasteiger partial charge in [0.25, 0.3) is 11.5 Å². The first-order chi connectivity index (χ1) is 10.6. The fourth-order valence-electron chi connectivity index (χ4n) is 2.16. The molecule has 2 aromatic heterocycles. The second kappa shape index (κ2) is 5.69. The zero-order valence-corrected chi connectivity index (χ0v) is 11.6. The molecular weight excluding hydrogens is 282 g/mol. The van der Waals surface area contributed by atoms with Gasteiger partial charge in [-0.25, -0.2) is 0 Å². The first-order valence-corrected chi connectivity index (χ1v) is 6.71. The number of hydrogen-bond acceptors (Lipinski definition) is 3. The average Bonchev–Trinajstić information content (AvgIpc) is 2.54. The molecule has 3 rings (SSSR count). The Bertz CT molecular complexity index is 936. The van der Waals surface area contributed by atoms with Crippen molar-refractivity contribution in [3.8, 4) is 0 Å². The van der Waals surface area contributed by atoms with Gasteiger partial charge in [0, 0.05) is 24.2 Å². The van der Waals surface area contributed by atoms with Gasteiger partial charge in [-0.15, -0.1) is 0 Å². The first-order valence-electron chi connectivity index (χ1n) is 6.71. The monoisotopic (exact) mass is 295 g/mol. The van der Waals surface area contributed by atoms with E-state index in [1.165, 1.54) is 12.3 Å². The summed E-state index contributed by atoms with van der Waals surface area (Å²) in [7, 11) is 0. The van der Waals surface area contributed by atoms with Gasteiger partial charge in [0.05, 0.1) is 0 Å². The smallest absolute Gasteiger partial charge is 0.268 e. The van der Waals surface area contributed by atoms with Crippen molar-refractivity contribution in [3.05, 3.63) is 80.6 Å². The third kappa shape index (κ3) is 2.80. The van der Waals surface area contributed by atoms with Crippen molar-refractivity contribution in [2.75, 3.05) is 0 Å². The Morgan fingerprint density at radius 3 is 2.68 bits per heavy atom. The number of aromatic nitrogens is 2. The molecule has 0 fully saturated rings. The predicted octanol–water partition coefficient (Wildman–Crippen LogP) is 1.15. The van der Waals surface area contributed by atoms with E-state index in [-0.39, 0.29) is 29.3 Å². The summed E-state index contributed by atoms with van der Waals surface area (Å²) in [6, 6.07) is 11.7. The summed E-state index contributed by atoms with van der Waals surface area (Å²) < 4.78 is 0. The fourth-order valence-corrected chi connectivity index (χ4v) is 2.16. The SMILES string of the molecule is O=C(NCc1ccc(=O)[nH]c1)c1cc2ccccc2c(=O)[nH]1. The van der Waals surface area contributed by atoms with Crippen molar-refractivity contribution < 1.29 is 4.79 Å². The molecular formula is C16H13N3O3. The van der Waals surface area contributed by atoms with Crippen molar-refractivity contribution in [1.82, 2.24) is 15.3 Å². The van der Waals surface area contributed by atoms with Gasteiger partial charge in [-0.3, -0.25) is 14.4 Å². The molecule has 2 heterocycles. The van der Waals surface area contributed by atoms with Crippen molar-refractivity contribution in [3.63, 3.8) is 0 Å². The minimum atomic E-state index is -0.381. The number of amides is 1. The molecule has 0 bridgehead atoms. The van der Waals surface area contributed by atoms with Crippen LogP contribution in [-0.4, -0.2) is 15.9 Å². The summed E-state index contributed by atoms with van der Waals surface area (Å²) in [6.45, 7) is 0.254. The van der Waals surface area contributed by atoms with Crippen molar-refractivity contribution in [2.24, 2.45) is 0 Å². The van der Waals surface area contributed by atoms with Crippen LogP contribution in [0.15, 0.2) is 58.3 Å². The quantitative estimate of drug-likeness (QED) is 0.676. The molecule has 0 aliphatic rings. The minimum absolute atomic E-state index is 0.200. The zero-order chi connectivity index (χ0) is 15.5. The van der Waals surface area contributed by atoms with Gasteiger partial charge in [0.15, 0.2) is 0 Å². The Labute approximate surface area is 124 Å². The molecule has 1 aromatic carbocycles. The zero-order valence-electron chi connectivity index (χ0n) is 11.6. The molecule has 0 aliphatic heterocycles. The normalized spacial score (nSPS) is 10.5. The number of fused-ring (bicyclic) bond motifs is 1. The van der Waals surface area contributed by atoms with Gasteiger partial charge in [0.1, 0.15) is 5.69 Å². The second-order valence-corrected chi connectivity index (χ2v) is 4.84. The molecule has 110 valence electrons. The number of carbonyl (C=O) groups excluding carboxylic acids is 1. The lowest BCUT2D eigenvalue weighted by Crippen LogP contribution is -2.26. The molecule has 0 radical (unpaired) electrons. The number of aromatic amines is 2. The van der Waals surface area contributed by atoms with Gasteiger partial charge in [-0.05, 0) is 23.1 Å². The molecule has 0 saturated heterocycles. The van der Waals surface area contributed by atoms with E-state index in [1.54, 1.807) is 30.3 Å². The summed E-state index contributed by atoms with van der Waals surface area (Å²) in [5.41, 5.74) is 0.463. The van der Waals surface area contributed by atoms with E-state index >= 15 is 0 Å². The van der Waals surface area contributed by atoms with Crippen molar-refractivity contribution in [1.29, 1.82) is 0 Å². The van der Waals surface area contributed by atoms with E-state index in [0.717, 1.165) is 5.56 Å². The Hall–Kier alpha value is -3.15. The second-order valence-electron chi connectivity index (χ2n) is 4.84. The Morgan fingerprint density at radius 1 is 1.09 bits per heavy atom. The maximum atomic E-state index is 12.1. The molecule has 0 atom stereocenters. The summed E-state index contributed by atoms with van der Waals surface area (Å²) in [6.07, 6.45) is 1.53. The van der Waals surface area contributed by atoms with E-state index in [1.807, 2.05) is 6.07 Å². The van der Waals surface area contributed by atoms with Gasteiger partial charge in [0.2, 0.25) is 5.56 Å². The van der Waals surface area contributed by atoms with Crippen LogP contribution in [0.3, 0.4) is 0 Å². The standard InChI is InChI=1S/C16H13N3O3/c20-14-6-5-10(8-17-14)9-18-16(22)13-7-11-3-1-2-4-12(11)15(21)19-13/h1-8H,9H2,(H,17,20)(H,18,22)(H,19,21). The Kier molecular flexibility index (Phi) is 3.57. The maximum absolute atomic E-state index is 12.1. The molecule has 0 saturated carbocycles. The number of pyridine rings is 2. The van der Waals surface area contributed by atoms with Gasteiger partial charge in [-0.2, -0.15) is 0 Å². The van der Waals surface area contributed by atoms with Crippen LogP contribution >= 0.6 is 0 Å². The minimum Gasteiger partial charge on any atom is -0.347 e. The van der Waals surface area contributed by atoms with E-state index in [2.05, 4.69) is 15.3 Å². The fraction of sp³-hybridized carbons (Fsp3) is 0.0625. The number of H-pyrrole nitrogens is 2. The van der Waals surface area contributed by atoms with Crippen molar-refractivity contribution >= 4 is 16.7 Å². The van der Waals surface area contributed by atoms with E-state index in [4.69, 9.17) is 0 Å². The molecule has 6 heteroatoms. The number of rotatable bonds is 3. The lowest BCUT2D eigenvalue weighted by atomic mass is 10.1. The molecule has 3 aromatic rings. The van der Waals surface area contributed by atoms with Gasteiger partial charge in [-0.1, -0.05) is 24.3 Å². The molecule has 22 heavy (non-hydrogen) atoms. The van der Waals surface area contributed by atoms with E-state index < -0.39 is 0 Å². The molecule has 0 aliphatic carbocycles. The van der Waals surface area contributed by atoms with E-state index in [9.17, 15) is 14.4 Å². The topological polar surface area (TPSA) is 94.8 Å². The highest BCUT2D eigenvalue weighted by Gasteiger charge is 2.09. The van der Waals surface area contributed by atoms with Crippen LogP contribution in [0.5, 0.6) is 0 Å². The predicted molar refractivity (Wildman–Crippen MR) is 82.8 cm³/mol. The molecule has 0 unspecified atom stereocenters. The number of nitrogens with one attached hydrogen (secondary N) is 3. The summed E-state index contributed by atoms with van der Waals surface area (Å²) in [5.74, 6) is -0.381. The average molecular weight is 295 g/mol. The van der Waals surface area contributed by atoms with E-state index in [0.29, 0.717) is 10.8 Å². The van der Waals surface area contributed by atoms with Gasteiger partial charge >= 0.3 is 0 Å². The summed E-state index contributed by atoms with van der Waals surface area (Å²) in [4.78, 5) is 40.1. The van der Waals surface area contributed by atoms with Crippen LogP contribution in [0, 0.1) is 0 Å². The van der Waals surface area contributed by atoms with Gasteiger partial charge < -0.3 is 15.3 Å². The number of carbonyl (C=O) groups is 1. The highest BCUT2D eigenvalue weighted by molar-refractivity contribution is 5.96. The Morgan fingerprint density at radius 2 is 1.91 bits per heavy atom. The van der Waals surface area contributed by atoms with Crippen LogP contribution in [0.25, 0.3) is 10.8 Å². The van der Waals surface area contributed by atoms with Crippen LogP contribution < -0.4 is 16.4 Å². The summed E-state index contributed by atoms with van der Waals surface area (Å²) >= 11 is 0. The maximum Gasteiger partial charge on any atom is 0.268 e. The number of hydrogen-bond donors (Lipinski definition) is 3. The third-order valence-electron chi connectivity index (χ3n) is 3.30. The lowest BCUT2D eigenvalue weighted by molar-refractivity contribution is 0.0946. The largest absolute Gasteiger partial charge is 0.347 e. The third-order valence-corrected chi connectivity index (χ3v) is 3.30. The number of benzene rings is 1. The molecule has 0 spiro atoms. The molecule has 6 nitrogen and oxygen atoms in total. The lowest BCUT2D eigenvalue weighted by Gasteiger charge is -2.06. The molecule has 3 N–H and O–H groups in total. The highest BCUT2D eigenvalue weighted by atomic mass is 16.2.